The van der Waals surface area contributed by atoms with Crippen molar-refractivity contribution < 1.29 is 0 Å². The molecule has 0 saturated carbocycles. The summed E-state index contributed by atoms with van der Waals surface area (Å²) < 4.78 is 1.50. The molecule has 1 rings (SSSR count). The van der Waals surface area contributed by atoms with Gasteiger partial charge in [-0.2, -0.15) is 0 Å². The van der Waals surface area contributed by atoms with E-state index in [0.29, 0.717) is 4.32 Å². The highest BCUT2D eigenvalue weighted by Gasteiger charge is 1.92. The summed E-state index contributed by atoms with van der Waals surface area (Å²) in [5.41, 5.74) is 0.944. The summed E-state index contributed by atoms with van der Waals surface area (Å²) in [6.45, 7) is 0. The molecule has 0 aromatic heterocycles. The van der Waals surface area contributed by atoms with E-state index in [4.69, 9.17) is 12.2 Å². The van der Waals surface area contributed by atoms with Crippen molar-refractivity contribution in [2.45, 2.75) is 0 Å². The highest BCUT2D eigenvalue weighted by atomic mass is 79.9. The van der Waals surface area contributed by atoms with Crippen LogP contribution in [-0.2, 0) is 0 Å². The second kappa shape index (κ2) is 4.09. The third-order valence-corrected chi connectivity index (χ3v) is 1.78. The number of halogens is 1. The van der Waals surface area contributed by atoms with E-state index in [1.54, 1.807) is 0 Å². The topological polar surface area (TPSA) is 12.0 Å². The van der Waals surface area contributed by atoms with Crippen LogP contribution < -0.4 is 5.32 Å². The van der Waals surface area contributed by atoms with Gasteiger partial charge in [0.15, 0.2) is 0 Å². The Morgan fingerprint density at radius 2 is 2.27 bits per heavy atom. The molecular weight excluding hydrogens is 242 g/mol. The fraction of sp³-hybridized carbons (Fsp3) is 0. The van der Waals surface area contributed by atoms with Gasteiger partial charge in [0.2, 0.25) is 0 Å². The van der Waals surface area contributed by atoms with Gasteiger partial charge < -0.3 is 5.32 Å². The zero-order chi connectivity index (χ0) is 8.27. The maximum Gasteiger partial charge on any atom is 0.135 e. The van der Waals surface area contributed by atoms with Crippen LogP contribution in [0.25, 0.3) is 0 Å². The molecule has 0 spiro atoms. The summed E-state index contributed by atoms with van der Waals surface area (Å²) in [5.74, 6) is 0. The molecule has 0 radical (unpaired) electrons. The molecule has 1 N–H and O–H groups in total. The number of anilines is 1. The fourth-order valence-electron chi connectivity index (χ4n) is 0.690. The third-order valence-electron chi connectivity index (χ3n) is 1.08. The van der Waals surface area contributed by atoms with Crippen molar-refractivity contribution in [2.24, 2.45) is 0 Å². The van der Waals surface area contributed by atoms with Gasteiger partial charge in [0.25, 0.3) is 0 Å². The average Bonchev–Trinajstić information content (AvgIpc) is 1.85. The average molecular weight is 248 g/mol. The lowest BCUT2D eigenvalue weighted by atomic mass is 10.3. The van der Waals surface area contributed by atoms with Crippen molar-refractivity contribution in [3.8, 4) is 0 Å². The molecule has 0 aliphatic rings. The van der Waals surface area contributed by atoms with Crippen LogP contribution in [0.2, 0.25) is 0 Å². The quantitative estimate of drug-likeness (QED) is 0.585. The molecule has 0 atom stereocenters. The molecule has 1 aromatic carbocycles. The molecule has 0 unspecified atom stereocenters. The molecule has 58 valence electrons. The van der Waals surface area contributed by atoms with Crippen LogP contribution in [0.4, 0.5) is 5.69 Å². The monoisotopic (exact) mass is 247 g/mol. The Morgan fingerprint density at radius 1 is 1.55 bits per heavy atom. The Labute approximate surface area is 84.7 Å². The minimum absolute atomic E-state index is 0.475. The summed E-state index contributed by atoms with van der Waals surface area (Å²) in [6.07, 6.45) is 0. The first-order valence-electron chi connectivity index (χ1n) is 2.94. The standard InChI is InChI=1S/C7H6BrNS2/c8-5-2-1-3-6(4-5)9-7(10)11/h1-4H,(H2,9,10,11). The van der Waals surface area contributed by atoms with Crippen LogP contribution in [0.3, 0.4) is 0 Å². The van der Waals surface area contributed by atoms with Gasteiger partial charge in [-0.3, -0.25) is 0 Å². The maximum atomic E-state index is 4.76. The molecule has 0 amide bonds. The first kappa shape index (κ1) is 9.03. The molecule has 1 aromatic rings. The number of rotatable bonds is 1. The van der Waals surface area contributed by atoms with Crippen LogP contribution in [0.1, 0.15) is 0 Å². The second-order valence-corrected chi connectivity index (χ2v) is 4.01. The number of thiocarbonyl (C=S) groups is 1. The first-order valence-corrected chi connectivity index (χ1v) is 4.59. The molecule has 0 aliphatic carbocycles. The molecular formula is C7H6BrNS2. The van der Waals surface area contributed by atoms with Crippen molar-refractivity contribution in [1.29, 1.82) is 0 Å². The van der Waals surface area contributed by atoms with Crippen molar-refractivity contribution in [2.75, 3.05) is 5.32 Å². The van der Waals surface area contributed by atoms with Gasteiger partial charge in [-0.15, -0.1) is 12.6 Å². The van der Waals surface area contributed by atoms with Gasteiger partial charge in [0.1, 0.15) is 4.32 Å². The first-order chi connectivity index (χ1) is 5.18. The summed E-state index contributed by atoms with van der Waals surface area (Å²) in [5, 5.41) is 2.91. The second-order valence-electron chi connectivity index (χ2n) is 1.94. The van der Waals surface area contributed by atoms with E-state index in [-0.39, 0.29) is 0 Å². The summed E-state index contributed by atoms with van der Waals surface area (Å²) >= 11 is 12.1. The number of thiol groups is 1. The Hall–Kier alpha value is -0.0600. The Bertz CT molecular complexity index is 275. The Balaban J connectivity index is 2.79. The highest BCUT2D eigenvalue weighted by molar-refractivity contribution is 9.10. The minimum atomic E-state index is 0.475. The van der Waals surface area contributed by atoms with E-state index < -0.39 is 0 Å². The van der Waals surface area contributed by atoms with E-state index >= 15 is 0 Å². The molecule has 0 aliphatic heterocycles. The fourth-order valence-corrected chi connectivity index (χ4v) is 1.34. The van der Waals surface area contributed by atoms with E-state index in [2.05, 4.69) is 33.9 Å². The van der Waals surface area contributed by atoms with E-state index in [0.717, 1.165) is 10.2 Å². The lowest BCUT2D eigenvalue weighted by Crippen LogP contribution is -1.99. The normalized spacial score (nSPS) is 9.27. The molecule has 0 heterocycles. The van der Waals surface area contributed by atoms with Gasteiger partial charge in [0.05, 0.1) is 0 Å². The zero-order valence-corrected chi connectivity index (χ0v) is 8.84. The third kappa shape index (κ3) is 3.22. The largest absolute Gasteiger partial charge is 0.341 e. The zero-order valence-electron chi connectivity index (χ0n) is 5.54. The van der Waals surface area contributed by atoms with Gasteiger partial charge in [0, 0.05) is 10.2 Å². The lowest BCUT2D eigenvalue weighted by molar-refractivity contribution is 1.62. The lowest BCUT2D eigenvalue weighted by Gasteiger charge is -2.01. The van der Waals surface area contributed by atoms with Crippen LogP contribution in [0, 0.1) is 0 Å². The molecule has 11 heavy (non-hydrogen) atoms. The summed E-state index contributed by atoms with van der Waals surface area (Å²) in [4.78, 5) is 0. The van der Waals surface area contributed by atoms with Gasteiger partial charge >= 0.3 is 0 Å². The summed E-state index contributed by atoms with van der Waals surface area (Å²) in [6, 6.07) is 7.74. The summed E-state index contributed by atoms with van der Waals surface area (Å²) in [7, 11) is 0. The van der Waals surface area contributed by atoms with Crippen molar-refractivity contribution in [3.05, 3.63) is 28.7 Å². The van der Waals surface area contributed by atoms with Gasteiger partial charge in [-0.05, 0) is 18.2 Å². The van der Waals surface area contributed by atoms with Crippen molar-refractivity contribution in [3.63, 3.8) is 0 Å². The van der Waals surface area contributed by atoms with Crippen LogP contribution in [0.15, 0.2) is 28.7 Å². The van der Waals surface area contributed by atoms with E-state index in [1.807, 2.05) is 24.3 Å². The Morgan fingerprint density at radius 3 is 2.82 bits per heavy atom. The predicted octanol–water partition coefficient (Wildman–Crippen LogP) is 3.08. The van der Waals surface area contributed by atoms with E-state index in [1.165, 1.54) is 0 Å². The number of nitrogens with one attached hydrogen (secondary N) is 1. The molecule has 0 saturated heterocycles. The highest BCUT2D eigenvalue weighted by Crippen LogP contribution is 2.15. The minimum Gasteiger partial charge on any atom is -0.341 e. The SMILES string of the molecule is S=C(S)Nc1cccc(Br)c1. The smallest absolute Gasteiger partial charge is 0.135 e. The maximum absolute atomic E-state index is 4.76. The predicted molar refractivity (Wildman–Crippen MR) is 59.3 cm³/mol. The van der Waals surface area contributed by atoms with Crippen molar-refractivity contribution in [1.82, 2.24) is 0 Å². The molecule has 0 fully saturated rings. The van der Waals surface area contributed by atoms with Crippen LogP contribution in [-0.4, -0.2) is 4.32 Å². The van der Waals surface area contributed by atoms with E-state index in [9.17, 15) is 0 Å². The molecule has 0 bridgehead atoms. The Kier molecular flexibility index (Phi) is 3.36. The van der Waals surface area contributed by atoms with Gasteiger partial charge in [-0.25, -0.2) is 0 Å². The van der Waals surface area contributed by atoms with Crippen molar-refractivity contribution >= 4 is 50.8 Å². The van der Waals surface area contributed by atoms with Crippen LogP contribution >= 0.6 is 40.8 Å². The number of hydrogen-bond donors (Lipinski definition) is 2. The van der Waals surface area contributed by atoms with Crippen LogP contribution in [0.5, 0.6) is 0 Å². The number of benzene rings is 1. The van der Waals surface area contributed by atoms with Gasteiger partial charge in [-0.1, -0.05) is 34.2 Å². The molecule has 1 nitrogen and oxygen atoms in total. The number of hydrogen-bond acceptors (Lipinski definition) is 1. The molecule has 4 heteroatoms.